The Kier molecular flexibility index (Phi) is 1.86. The number of nitrogens with zero attached hydrogens (tertiary/aromatic N) is 1. The number of nitrogens with one attached hydrogen (secondary N) is 2. The maximum absolute atomic E-state index is 11.5. The molecule has 4 N–H and O–H groups in total. The Bertz CT molecular complexity index is 385. The van der Waals surface area contributed by atoms with Crippen molar-refractivity contribution in [3.63, 3.8) is 0 Å². The van der Waals surface area contributed by atoms with E-state index in [0.717, 1.165) is 0 Å². The maximum Gasteiger partial charge on any atom is 0.243 e. The van der Waals surface area contributed by atoms with Gasteiger partial charge in [-0.25, -0.2) is 13.1 Å². The molecule has 0 amide bonds. The Labute approximate surface area is 75.6 Å². The van der Waals surface area contributed by atoms with Gasteiger partial charge in [-0.05, 0) is 6.42 Å². The molecule has 1 aliphatic carbocycles. The van der Waals surface area contributed by atoms with E-state index in [1.54, 1.807) is 0 Å². The molecule has 1 aromatic rings. The minimum Gasteiger partial charge on any atom is -0.326 e. The Balaban J connectivity index is 2.13. The third-order valence-corrected chi connectivity index (χ3v) is 3.39. The van der Waals surface area contributed by atoms with Crippen LogP contribution in [-0.2, 0) is 10.0 Å². The highest BCUT2D eigenvalue weighted by Gasteiger charge is 2.37. The molecule has 0 aromatic carbocycles. The monoisotopic (exact) mass is 202 g/mol. The van der Waals surface area contributed by atoms with E-state index in [4.69, 9.17) is 5.73 Å². The van der Waals surface area contributed by atoms with Crippen molar-refractivity contribution >= 4 is 10.0 Å². The Morgan fingerprint density at radius 1 is 1.69 bits per heavy atom. The number of aromatic nitrogens is 2. The fraction of sp³-hybridized carbons (Fsp3) is 0.500. The van der Waals surface area contributed by atoms with Gasteiger partial charge in [0.15, 0.2) is 0 Å². The number of rotatable bonds is 3. The van der Waals surface area contributed by atoms with Gasteiger partial charge in [0.25, 0.3) is 0 Å². The Hall–Kier alpha value is -0.920. The molecule has 0 saturated heterocycles. The predicted molar refractivity (Wildman–Crippen MR) is 45.3 cm³/mol. The SMILES string of the molecule is NC1CC1NS(=O)(=O)c1cn[nH]c1. The Morgan fingerprint density at radius 3 is 2.85 bits per heavy atom. The van der Waals surface area contributed by atoms with Crippen LogP contribution in [0.3, 0.4) is 0 Å². The van der Waals surface area contributed by atoms with Crippen molar-refractivity contribution in [1.29, 1.82) is 0 Å². The fourth-order valence-electron chi connectivity index (χ4n) is 1.00. The minimum absolute atomic E-state index is 0.0401. The Morgan fingerprint density at radius 2 is 2.38 bits per heavy atom. The van der Waals surface area contributed by atoms with Crippen molar-refractivity contribution in [1.82, 2.24) is 14.9 Å². The third-order valence-electron chi connectivity index (χ3n) is 1.93. The molecular weight excluding hydrogens is 192 g/mol. The van der Waals surface area contributed by atoms with Gasteiger partial charge < -0.3 is 5.73 Å². The second-order valence-corrected chi connectivity index (χ2v) is 4.78. The maximum atomic E-state index is 11.5. The molecular formula is C6H10N4O2S. The van der Waals surface area contributed by atoms with E-state index >= 15 is 0 Å². The van der Waals surface area contributed by atoms with Crippen LogP contribution in [-0.4, -0.2) is 30.7 Å². The van der Waals surface area contributed by atoms with E-state index in [0.29, 0.717) is 6.42 Å². The predicted octanol–water partition coefficient (Wildman–Crippen LogP) is -1.21. The lowest BCUT2D eigenvalue weighted by Gasteiger charge is -2.01. The zero-order chi connectivity index (χ0) is 9.47. The van der Waals surface area contributed by atoms with Gasteiger partial charge in [0, 0.05) is 18.3 Å². The molecule has 2 rings (SSSR count). The number of aromatic amines is 1. The fourth-order valence-corrected chi connectivity index (χ4v) is 2.21. The molecule has 1 saturated carbocycles. The summed E-state index contributed by atoms with van der Waals surface area (Å²) >= 11 is 0. The van der Waals surface area contributed by atoms with Crippen molar-refractivity contribution in [2.45, 2.75) is 23.4 Å². The largest absolute Gasteiger partial charge is 0.326 e. The summed E-state index contributed by atoms with van der Waals surface area (Å²) in [6, 6.07) is -0.151. The highest BCUT2D eigenvalue weighted by molar-refractivity contribution is 7.89. The number of nitrogens with two attached hydrogens (primary N) is 1. The molecule has 0 radical (unpaired) electrons. The van der Waals surface area contributed by atoms with Crippen LogP contribution in [0.1, 0.15) is 6.42 Å². The van der Waals surface area contributed by atoms with Crippen molar-refractivity contribution in [2.75, 3.05) is 0 Å². The first kappa shape index (κ1) is 8.67. The molecule has 0 aliphatic heterocycles. The molecule has 13 heavy (non-hydrogen) atoms. The summed E-state index contributed by atoms with van der Waals surface area (Å²) in [6.07, 6.45) is 3.30. The summed E-state index contributed by atoms with van der Waals surface area (Å²) in [4.78, 5) is 0.145. The topological polar surface area (TPSA) is 101 Å². The van der Waals surface area contributed by atoms with E-state index in [9.17, 15) is 8.42 Å². The molecule has 6 nitrogen and oxygen atoms in total. The van der Waals surface area contributed by atoms with Gasteiger partial charge in [-0.1, -0.05) is 0 Å². The zero-order valence-corrected chi connectivity index (χ0v) is 7.58. The van der Waals surface area contributed by atoms with E-state index in [-0.39, 0.29) is 17.0 Å². The van der Waals surface area contributed by atoms with Crippen LogP contribution in [0.25, 0.3) is 0 Å². The first-order chi connectivity index (χ1) is 6.09. The lowest BCUT2D eigenvalue weighted by atomic mass is 10.7. The van der Waals surface area contributed by atoms with Gasteiger partial charge in [0.1, 0.15) is 4.90 Å². The summed E-state index contributed by atoms with van der Waals surface area (Å²) in [5, 5.41) is 6.00. The van der Waals surface area contributed by atoms with Gasteiger partial charge in [-0.3, -0.25) is 5.10 Å². The highest BCUT2D eigenvalue weighted by atomic mass is 32.2. The lowest BCUT2D eigenvalue weighted by Crippen LogP contribution is -2.29. The van der Waals surface area contributed by atoms with Crippen molar-refractivity contribution in [3.05, 3.63) is 12.4 Å². The summed E-state index contributed by atoms with van der Waals surface area (Å²) in [6.45, 7) is 0. The smallest absolute Gasteiger partial charge is 0.243 e. The van der Waals surface area contributed by atoms with Gasteiger partial charge in [0.2, 0.25) is 10.0 Å². The summed E-state index contributed by atoms with van der Waals surface area (Å²) in [5.41, 5.74) is 5.48. The van der Waals surface area contributed by atoms with E-state index < -0.39 is 10.0 Å². The van der Waals surface area contributed by atoms with Crippen LogP contribution in [0, 0.1) is 0 Å². The van der Waals surface area contributed by atoms with Crippen molar-refractivity contribution < 1.29 is 8.42 Å². The van der Waals surface area contributed by atoms with E-state index in [1.165, 1.54) is 12.4 Å². The molecule has 1 aromatic heterocycles. The van der Waals surface area contributed by atoms with Crippen molar-refractivity contribution in [2.24, 2.45) is 5.73 Å². The van der Waals surface area contributed by atoms with E-state index in [2.05, 4.69) is 14.9 Å². The van der Waals surface area contributed by atoms with Gasteiger partial charge in [0.05, 0.1) is 6.20 Å². The van der Waals surface area contributed by atoms with Crippen molar-refractivity contribution in [3.8, 4) is 0 Å². The molecule has 1 aliphatic rings. The molecule has 1 fully saturated rings. The number of hydrogen-bond acceptors (Lipinski definition) is 4. The van der Waals surface area contributed by atoms with Crippen LogP contribution < -0.4 is 10.5 Å². The number of H-pyrrole nitrogens is 1. The molecule has 2 unspecified atom stereocenters. The van der Waals surface area contributed by atoms with Crippen LogP contribution in [0.15, 0.2) is 17.3 Å². The summed E-state index contributed by atoms with van der Waals surface area (Å²) in [7, 11) is -3.41. The average molecular weight is 202 g/mol. The number of sulfonamides is 1. The molecule has 7 heteroatoms. The first-order valence-corrected chi connectivity index (χ1v) is 5.34. The molecule has 72 valence electrons. The number of hydrogen-bond donors (Lipinski definition) is 3. The quantitative estimate of drug-likeness (QED) is 0.572. The normalized spacial score (nSPS) is 27.5. The summed E-state index contributed by atoms with van der Waals surface area (Å²) in [5.74, 6) is 0. The van der Waals surface area contributed by atoms with Crippen LogP contribution in [0.4, 0.5) is 0 Å². The molecule has 0 spiro atoms. The second kappa shape index (κ2) is 2.79. The molecule has 1 heterocycles. The van der Waals surface area contributed by atoms with Crippen LogP contribution in [0.2, 0.25) is 0 Å². The first-order valence-electron chi connectivity index (χ1n) is 3.86. The van der Waals surface area contributed by atoms with E-state index in [1.807, 2.05) is 0 Å². The summed E-state index contributed by atoms with van der Waals surface area (Å²) < 4.78 is 25.4. The third kappa shape index (κ3) is 1.71. The van der Waals surface area contributed by atoms with Gasteiger partial charge in [-0.15, -0.1) is 0 Å². The lowest BCUT2D eigenvalue weighted by molar-refractivity contribution is 0.580. The van der Waals surface area contributed by atoms with Crippen LogP contribution >= 0.6 is 0 Å². The standard InChI is InChI=1S/C6H10N4O2S/c7-5-1-6(5)10-13(11,12)4-2-8-9-3-4/h2-3,5-6,10H,1,7H2,(H,8,9). The second-order valence-electron chi connectivity index (χ2n) is 3.06. The van der Waals surface area contributed by atoms with Crippen LogP contribution in [0.5, 0.6) is 0 Å². The highest BCUT2D eigenvalue weighted by Crippen LogP contribution is 2.20. The average Bonchev–Trinajstić information content (AvgIpc) is 2.56. The van der Waals surface area contributed by atoms with Gasteiger partial charge >= 0.3 is 0 Å². The molecule has 2 atom stereocenters. The zero-order valence-electron chi connectivity index (χ0n) is 6.77. The molecule has 0 bridgehead atoms. The minimum atomic E-state index is -3.41. The van der Waals surface area contributed by atoms with Gasteiger partial charge in [-0.2, -0.15) is 5.10 Å².